The van der Waals surface area contributed by atoms with Gasteiger partial charge in [-0.1, -0.05) is 0 Å². The number of ether oxygens (including phenoxy) is 1. The Morgan fingerprint density at radius 1 is 1.32 bits per heavy atom. The van der Waals surface area contributed by atoms with Gasteiger partial charge < -0.3 is 4.74 Å². The largest absolute Gasteiger partial charge is 0.490 e. The van der Waals surface area contributed by atoms with Crippen LogP contribution in [0.2, 0.25) is 0 Å². The van der Waals surface area contributed by atoms with E-state index < -0.39 is 38.7 Å². The van der Waals surface area contributed by atoms with Gasteiger partial charge in [0.1, 0.15) is 6.10 Å². The minimum atomic E-state index is -5.33. The first-order chi connectivity index (χ1) is 8.28. The molecule has 0 aliphatic rings. The Balaban J connectivity index is 5.46. The van der Waals surface area contributed by atoms with Gasteiger partial charge in [-0.3, -0.25) is 10.0 Å². The van der Waals surface area contributed by atoms with Crippen molar-refractivity contribution in [2.75, 3.05) is 6.26 Å². The van der Waals surface area contributed by atoms with E-state index in [0.29, 0.717) is 6.26 Å². The molecule has 0 saturated heterocycles. The second-order valence-electron chi connectivity index (χ2n) is 3.87. The van der Waals surface area contributed by atoms with Gasteiger partial charge in [0.25, 0.3) is 5.91 Å². The fourth-order valence-corrected chi connectivity index (χ4v) is 2.14. The fraction of sp³-hybridized carbons (Fsp3) is 0.750. The number of hydrogen-bond donors (Lipinski definition) is 2. The molecule has 0 aliphatic heterocycles. The Hall–Kier alpha value is -1.36. The molecule has 0 radical (unpaired) electrons. The molecular weight excluding hydrogens is 295 g/mol. The van der Waals surface area contributed by atoms with Crippen molar-refractivity contribution >= 4 is 21.7 Å². The normalized spacial score (nSPS) is 17.2. The predicted molar refractivity (Wildman–Crippen MR) is 54.8 cm³/mol. The second-order valence-corrected chi connectivity index (χ2v) is 6.26. The molecule has 0 bridgehead atoms. The molecule has 2 atom stereocenters. The first-order valence-electron chi connectivity index (χ1n) is 4.70. The van der Waals surface area contributed by atoms with E-state index in [0.717, 1.165) is 19.3 Å². The maximum Gasteiger partial charge on any atom is 0.490 e. The second kappa shape index (κ2) is 5.33. The third-order valence-electron chi connectivity index (χ3n) is 2.61. The molecule has 0 spiro atoms. The summed E-state index contributed by atoms with van der Waals surface area (Å²) < 4.78 is 60.3. The lowest BCUT2D eigenvalue weighted by Crippen LogP contribution is -2.57. The van der Waals surface area contributed by atoms with Gasteiger partial charge in [-0.2, -0.15) is 13.2 Å². The number of hydroxylamine groups is 1. The van der Waals surface area contributed by atoms with Gasteiger partial charge in [0.05, 0.1) is 0 Å². The van der Waals surface area contributed by atoms with Crippen LogP contribution in [0.15, 0.2) is 0 Å². The molecule has 0 heterocycles. The minimum Gasteiger partial charge on any atom is -0.454 e. The molecule has 0 aromatic heterocycles. The summed E-state index contributed by atoms with van der Waals surface area (Å²) in [6.07, 6.45) is -6.74. The van der Waals surface area contributed by atoms with E-state index in [1.807, 2.05) is 0 Å². The van der Waals surface area contributed by atoms with Crippen LogP contribution in [0.25, 0.3) is 0 Å². The van der Waals surface area contributed by atoms with Crippen LogP contribution >= 0.6 is 0 Å². The van der Waals surface area contributed by atoms with Crippen molar-refractivity contribution in [1.82, 2.24) is 5.48 Å². The number of hydrogen-bond acceptors (Lipinski definition) is 6. The molecule has 0 aromatic rings. The standard InChI is InChI=1S/C8H12F3NO6S/c1-4(18-6(14)8(9,10)11)7(2,5(13)12-15)19(3,16)17/h4,15H,1-3H3,(H,12,13). The molecule has 2 N–H and O–H groups in total. The molecule has 0 rings (SSSR count). The van der Waals surface area contributed by atoms with Crippen LogP contribution in [-0.2, 0) is 24.2 Å². The highest BCUT2D eigenvalue weighted by Crippen LogP contribution is 2.26. The summed E-state index contributed by atoms with van der Waals surface area (Å²) in [6, 6.07) is 0. The number of nitrogens with one attached hydrogen (secondary N) is 1. The Morgan fingerprint density at radius 3 is 2.00 bits per heavy atom. The van der Waals surface area contributed by atoms with Gasteiger partial charge in [0, 0.05) is 6.26 Å². The van der Waals surface area contributed by atoms with Crippen molar-refractivity contribution in [2.24, 2.45) is 0 Å². The molecule has 11 heteroatoms. The molecule has 0 aromatic carbocycles. The summed E-state index contributed by atoms with van der Waals surface area (Å²) in [5, 5.41) is 8.45. The summed E-state index contributed by atoms with van der Waals surface area (Å²) >= 11 is 0. The summed E-state index contributed by atoms with van der Waals surface area (Å²) in [7, 11) is -4.28. The van der Waals surface area contributed by atoms with Crippen LogP contribution in [0, 0.1) is 0 Å². The molecule has 1 amide bonds. The minimum absolute atomic E-state index is 0.556. The Labute approximate surface area is 106 Å². The number of carbonyl (C=O) groups excluding carboxylic acids is 2. The molecule has 0 saturated carbocycles. The molecule has 19 heavy (non-hydrogen) atoms. The smallest absolute Gasteiger partial charge is 0.454 e. The van der Waals surface area contributed by atoms with E-state index in [9.17, 15) is 31.2 Å². The zero-order valence-corrected chi connectivity index (χ0v) is 10.9. The number of alkyl halides is 3. The average Bonchev–Trinajstić information content (AvgIpc) is 2.23. The third-order valence-corrected chi connectivity index (χ3v) is 4.67. The maximum absolute atomic E-state index is 12.0. The van der Waals surface area contributed by atoms with E-state index in [4.69, 9.17) is 5.21 Å². The average molecular weight is 307 g/mol. The van der Waals surface area contributed by atoms with Gasteiger partial charge in [-0.05, 0) is 13.8 Å². The van der Waals surface area contributed by atoms with Gasteiger partial charge in [0.15, 0.2) is 14.6 Å². The summed E-state index contributed by atoms with van der Waals surface area (Å²) in [4.78, 5) is 22.0. The van der Waals surface area contributed by atoms with Gasteiger partial charge in [0.2, 0.25) is 0 Å². The highest BCUT2D eigenvalue weighted by Gasteiger charge is 2.53. The van der Waals surface area contributed by atoms with Crippen molar-refractivity contribution in [3.63, 3.8) is 0 Å². The number of amides is 1. The molecule has 0 fully saturated rings. The van der Waals surface area contributed by atoms with Gasteiger partial charge in [-0.15, -0.1) is 0 Å². The number of esters is 1. The number of rotatable bonds is 4. The van der Waals surface area contributed by atoms with Gasteiger partial charge in [-0.25, -0.2) is 18.7 Å². The van der Waals surface area contributed by atoms with E-state index >= 15 is 0 Å². The lowest BCUT2D eigenvalue weighted by Gasteiger charge is -2.30. The summed E-state index contributed by atoms with van der Waals surface area (Å²) in [5.41, 5.74) is 1.01. The first kappa shape index (κ1) is 17.6. The monoisotopic (exact) mass is 307 g/mol. The summed E-state index contributed by atoms with van der Waals surface area (Å²) in [5.74, 6) is -4.15. The number of halogens is 3. The molecule has 0 aliphatic carbocycles. The van der Waals surface area contributed by atoms with E-state index in [-0.39, 0.29) is 0 Å². The zero-order valence-electron chi connectivity index (χ0n) is 10.1. The molecule has 112 valence electrons. The Morgan fingerprint density at radius 2 is 1.74 bits per heavy atom. The Kier molecular flexibility index (Phi) is 4.95. The fourth-order valence-electron chi connectivity index (χ4n) is 1.11. The Bertz CT molecular complexity index is 473. The first-order valence-corrected chi connectivity index (χ1v) is 6.59. The molecule has 2 unspecified atom stereocenters. The lowest BCUT2D eigenvalue weighted by molar-refractivity contribution is -0.205. The van der Waals surface area contributed by atoms with Crippen molar-refractivity contribution in [1.29, 1.82) is 0 Å². The number of carbonyl (C=O) groups is 2. The number of sulfone groups is 1. The van der Waals surface area contributed by atoms with Crippen LogP contribution in [-0.4, -0.2) is 48.8 Å². The van der Waals surface area contributed by atoms with Crippen molar-refractivity contribution in [3.05, 3.63) is 0 Å². The highest BCUT2D eigenvalue weighted by atomic mass is 32.2. The lowest BCUT2D eigenvalue weighted by atomic mass is 10.0. The van der Waals surface area contributed by atoms with Crippen molar-refractivity contribution < 1.29 is 41.1 Å². The quantitative estimate of drug-likeness (QED) is 0.422. The maximum atomic E-state index is 12.0. The highest BCUT2D eigenvalue weighted by molar-refractivity contribution is 7.92. The van der Waals surface area contributed by atoms with E-state index in [1.54, 1.807) is 0 Å². The van der Waals surface area contributed by atoms with Gasteiger partial charge >= 0.3 is 12.1 Å². The van der Waals surface area contributed by atoms with Crippen molar-refractivity contribution in [2.45, 2.75) is 30.9 Å². The van der Waals surface area contributed by atoms with Crippen LogP contribution in [0.3, 0.4) is 0 Å². The summed E-state index contributed by atoms with van der Waals surface area (Å²) in [6.45, 7) is 1.52. The van der Waals surface area contributed by atoms with Crippen LogP contribution in [0.5, 0.6) is 0 Å². The third kappa shape index (κ3) is 3.56. The van der Waals surface area contributed by atoms with Crippen molar-refractivity contribution in [3.8, 4) is 0 Å². The SMILES string of the molecule is CC(OC(=O)C(F)(F)F)C(C)(C(=O)NO)S(C)(=O)=O. The van der Waals surface area contributed by atoms with Crippen LogP contribution in [0.1, 0.15) is 13.8 Å². The molecule has 7 nitrogen and oxygen atoms in total. The van der Waals surface area contributed by atoms with E-state index in [1.165, 1.54) is 0 Å². The predicted octanol–water partition coefficient (Wildman–Crippen LogP) is -0.211. The topological polar surface area (TPSA) is 110 Å². The van der Waals surface area contributed by atoms with Crippen LogP contribution < -0.4 is 5.48 Å². The van der Waals surface area contributed by atoms with E-state index in [2.05, 4.69) is 4.74 Å². The van der Waals surface area contributed by atoms with Crippen LogP contribution in [0.4, 0.5) is 13.2 Å². The molecular formula is C8H12F3NO6S. The zero-order chi connectivity index (χ0) is 15.6.